The lowest BCUT2D eigenvalue weighted by molar-refractivity contribution is -0.115. The summed E-state index contributed by atoms with van der Waals surface area (Å²) in [5.41, 5.74) is 0.426. The second-order valence-electron chi connectivity index (χ2n) is 7.07. The molecular weight excluding hydrogens is 365 g/mol. The Morgan fingerprint density at radius 3 is 2.89 bits per heavy atom. The van der Waals surface area contributed by atoms with Gasteiger partial charge in [0.25, 0.3) is 0 Å². The van der Waals surface area contributed by atoms with Crippen LogP contribution in [0.25, 0.3) is 0 Å². The molecule has 0 spiro atoms. The van der Waals surface area contributed by atoms with E-state index < -0.39 is 11.1 Å². The first kappa shape index (κ1) is 19.7. The quantitative estimate of drug-likeness (QED) is 0.554. The fraction of sp³-hybridized carbons (Fsp3) is 0.526. The highest BCUT2D eigenvalue weighted by Gasteiger charge is 2.20. The van der Waals surface area contributed by atoms with Crippen molar-refractivity contribution in [2.75, 3.05) is 11.2 Å². The minimum Gasteiger partial charge on any atom is -0.336 e. The van der Waals surface area contributed by atoms with Crippen molar-refractivity contribution in [2.24, 2.45) is 5.92 Å². The molecular formula is C19H26FN5OS. The SMILES string of the molecule is C[C@H](Sc1nnc(CCC2CCCCC2)n1N)C(=O)Nc1cccc(F)c1. The molecule has 0 radical (unpaired) electrons. The van der Waals surface area contributed by atoms with Crippen molar-refractivity contribution in [3.8, 4) is 0 Å². The zero-order valence-electron chi connectivity index (χ0n) is 15.5. The number of halogens is 1. The van der Waals surface area contributed by atoms with Crippen LogP contribution in [0.1, 0.15) is 51.3 Å². The number of hydrogen-bond acceptors (Lipinski definition) is 5. The van der Waals surface area contributed by atoms with Crippen molar-refractivity contribution in [1.29, 1.82) is 0 Å². The summed E-state index contributed by atoms with van der Waals surface area (Å²) in [6.45, 7) is 1.76. The third kappa shape index (κ3) is 5.45. The van der Waals surface area contributed by atoms with Crippen LogP contribution in [0.3, 0.4) is 0 Å². The molecule has 1 atom stereocenters. The summed E-state index contributed by atoms with van der Waals surface area (Å²) in [6.07, 6.45) is 8.45. The monoisotopic (exact) mass is 391 g/mol. The van der Waals surface area contributed by atoms with Crippen LogP contribution < -0.4 is 11.2 Å². The highest BCUT2D eigenvalue weighted by molar-refractivity contribution is 8.00. The summed E-state index contributed by atoms with van der Waals surface area (Å²) in [5, 5.41) is 11.1. The number of benzene rings is 1. The number of rotatable bonds is 7. The number of aromatic nitrogens is 3. The standard InChI is InChI=1S/C19H26FN5OS/c1-13(18(26)22-16-9-5-8-15(20)12-16)27-19-24-23-17(25(19)21)11-10-14-6-3-2-4-7-14/h5,8-9,12-14H,2-4,6-7,10-11,21H2,1H3,(H,22,26)/t13-/m0/s1. The largest absolute Gasteiger partial charge is 0.336 e. The summed E-state index contributed by atoms with van der Waals surface area (Å²) in [5.74, 6) is 7.00. The van der Waals surface area contributed by atoms with Gasteiger partial charge in [0.2, 0.25) is 11.1 Å². The van der Waals surface area contributed by atoms with E-state index in [4.69, 9.17) is 5.84 Å². The molecule has 1 fully saturated rings. The molecule has 3 rings (SSSR count). The molecule has 0 bridgehead atoms. The van der Waals surface area contributed by atoms with E-state index in [1.54, 1.807) is 19.1 Å². The number of thioether (sulfide) groups is 1. The van der Waals surface area contributed by atoms with Crippen LogP contribution in [0.2, 0.25) is 0 Å². The smallest absolute Gasteiger partial charge is 0.237 e. The van der Waals surface area contributed by atoms with Gasteiger partial charge < -0.3 is 11.2 Å². The van der Waals surface area contributed by atoms with Crippen molar-refractivity contribution in [2.45, 2.75) is 62.3 Å². The Bertz CT molecular complexity index is 775. The molecule has 27 heavy (non-hydrogen) atoms. The van der Waals surface area contributed by atoms with Crippen LogP contribution >= 0.6 is 11.8 Å². The average Bonchev–Trinajstić information content (AvgIpc) is 3.00. The van der Waals surface area contributed by atoms with E-state index >= 15 is 0 Å². The van der Waals surface area contributed by atoms with Gasteiger partial charge in [-0.25, -0.2) is 9.07 Å². The molecule has 3 N–H and O–H groups in total. The van der Waals surface area contributed by atoms with Crippen LogP contribution in [0, 0.1) is 11.7 Å². The lowest BCUT2D eigenvalue weighted by Crippen LogP contribution is -2.24. The first-order chi connectivity index (χ1) is 13.0. The highest BCUT2D eigenvalue weighted by atomic mass is 32.2. The molecule has 1 amide bonds. The van der Waals surface area contributed by atoms with Gasteiger partial charge in [0.15, 0.2) is 5.82 Å². The predicted octanol–water partition coefficient (Wildman–Crippen LogP) is 3.76. The predicted molar refractivity (Wildman–Crippen MR) is 105 cm³/mol. The number of carbonyl (C=O) groups excluding carboxylic acids is 1. The molecule has 0 unspecified atom stereocenters. The molecule has 6 nitrogen and oxygen atoms in total. The minimum absolute atomic E-state index is 0.239. The van der Waals surface area contributed by atoms with E-state index in [-0.39, 0.29) is 5.91 Å². The Morgan fingerprint density at radius 2 is 2.15 bits per heavy atom. The summed E-state index contributed by atoms with van der Waals surface area (Å²) in [4.78, 5) is 12.3. The van der Waals surface area contributed by atoms with E-state index in [9.17, 15) is 9.18 Å². The number of hydrogen-bond donors (Lipinski definition) is 2. The van der Waals surface area contributed by atoms with E-state index in [1.807, 2.05) is 0 Å². The summed E-state index contributed by atoms with van der Waals surface area (Å²) >= 11 is 1.24. The van der Waals surface area contributed by atoms with Crippen molar-refractivity contribution in [1.82, 2.24) is 14.9 Å². The fourth-order valence-electron chi connectivity index (χ4n) is 3.39. The first-order valence-electron chi connectivity index (χ1n) is 9.45. The Kier molecular flexibility index (Phi) is 6.71. The average molecular weight is 392 g/mol. The van der Waals surface area contributed by atoms with Crippen LogP contribution in [-0.4, -0.2) is 26.0 Å². The molecule has 1 saturated carbocycles. The maximum absolute atomic E-state index is 13.2. The van der Waals surface area contributed by atoms with Gasteiger partial charge in [0, 0.05) is 12.1 Å². The molecule has 1 aliphatic carbocycles. The van der Waals surface area contributed by atoms with Gasteiger partial charge in [-0.2, -0.15) is 0 Å². The molecule has 1 aliphatic rings. The van der Waals surface area contributed by atoms with E-state index in [0.717, 1.165) is 24.6 Å². The van der Waals surface area contributed by atoms with Crippen molar-refractivity contribution < 1.29 is 9.18 Å². The minimum atomic E-state index is -0.439. The highest BCUT2D eigenvalue weighted by Crippen LogP contribution is 2.28. The van der Waals surface area contributed by atoms with Crippen LogP contribution in [-0.2, 0) is 11.2 Å². The number of amides is 1. The van der Waals surface area contributed by atoms with Crippen LogP contribution in [0.5, 0.6) is 0 Å². The molecule has 1 aromatic heterocycles. The molecule has 146 valence electrons. The number of nitrogens with one attached hydrogen (secondary N) is 1. The van der Waals surface area contributed by atoms with E-state index in [2.05, 4.69) is 15.5 Å². The number of nitrogens with zero attached hydrogens (tertiary/aromatic N) is 3. The maximum atomic E-state index is 13.2. The number of carbonyl (C=O) groups is 1. The van der Waals surface area contributed by atoms with Gasteiger partial charge in [-0.15, -0.1) is 10.2 Å². The zero-order chi connectivity index (χ0) is 19.2. The molecule has 0 aliphatic heterocycles. The lowest BCUT2D eigenvalue weighted by Gasteiger charge is -2.20. The summed E-state index contributed by atoms with van der Waals surface area (Å²) in [6, 6.07) is 5.81. The van der Waals surface area contributed by atoms with Crippen LogP contribution in [0.15, 0.2) is 29.4 Å². The van der Waals surface area contributed by atoms with Crippen molar-refractivity contribution in [3.63, 3.8) is 0 Å². The summed E-state index contributed by atoms with van der Waals surface area (Å²) < 4.78 is 14.7. The third-order valence-electron chi connectivity index (χ3n) is 4.98. The Hall–Kier alpha value is -2.09. The first-order valence-corrected chi connectivity index (χ1v) is 10.3. The van der Waals surface area contributed by atoms with Gasteiger partial charge >= 0.3 is 0 Å². The van der Waals surface area contributed by atoms with Crippen molar-refractivity contribution in [3.05, 3.63) is 35.9 Å². The fourth-order valence-corrected chi connectivity index (χ4v) is 4.18. The van der Waals surface area contributed by atoms with Crippen molar-refractivity contribution >= 4 is 23.4 Å². The van der Waals surface area contributed by atoms with Gasteiger partial charge in [0.05, 0.1) is 5.25 Å². The molecule has 1 heterocycles. The van der Waals surface area contributed by atoms with Gasteiger partial charge in [0.1, 0.15) is 5.82 Å². The Labute approximate surface area is 163 Å². The number of nitrogens with two attached hydrogens (primary N) is 1. The zero-order valence-corrected chi connectivity index (χ0v) is 16.3. The molecule has 1 aromatic carbocycles. The summed E-state index contributed by atoms with van der Waals surface area (Å²) in [7, 11) is 0. The second kappa shape index (κ2) is 9.21. The Balaban J connectivity index is 1.53. The number of anilines is 1. The van der Waals surface area contributed by atoms with Gasteiger partial charge in [-0.1, -0.05) is 49.9 Å². The molecule has 2 aromatic rings. The third-order valence-corrected chi connectivity index (χ3v) is 6.04. The normalized spacial score (nSPS) is 16.2. The second-order valence-corrected chi connectivity index (χ2v) is 8.38. The molecule has 8 heteroatoms. The van der Waals surface area contributed by atoms with Gasteiger partial charge in [-0.3, -0.25) is 4.79 Å². The van der Waals surface area contributed by atoms with Gasteiger partial charge in [-0.05, 0) is 37.5 Å². The van der Waals surface area contributed by atoms with E-state index in [0.29, 0.717) is 10.8 Å². The Morgan fingerprint density at radius 1 is 1.37 bits per heavy atom. The lowest BCUT2D eigenvalue weighted by atomic mass is 9.86. The van der Waals surface area contributed by atoms with Crippen LogP contribution in [0.4, 0.5) is 10.1 Å². The number of aryl methyl sites for hydroxylation is 1. The number of nitrogen functional groups attached to an aromatic ring is 1. The maximum Gasteiger partial charge on any atom is 0.237 e. The molecule has 0 saturated heterocycles. The van der Waals surface area contributed by atoms with E-state index in [1.165, 1.54) is 60.7 Å². The topological polar surface area (TPSA) is 85.8 Å².